The summed E-state index contributed by atoms with van der Waals surface area (Å²) in [6.07, 6.45) is 3.13. The molecule has 0 radical (unpaired) electrons. The summed E-state index contributed by atoms with van der Waals surface area (Å²) in [6.45, 7) is 7.99. The van der Waals surface area contributed by atoms with E-state index in [1.54, 1.807) is 0 Å². The topological polar surface area (TPSA) is 19.4 Å². The van der Waals surface area contributed by atoms with E-state index in [4.69, 9.17) is 0 Å². The average Bonchev–Trinajstić information content (AvgIpc) is 2.46. The molecular formula is C14H22BrN3. The van der Waals surface area contributed by atoms with Gasteiger partial charge in [0.2, 0.25) is 0 Å². The third-order valence-electron chi connectivity index (χ3n) is 3.66. The van der Waals surface area contributed by atoms with Gasteiger partial charge in [-0.3, -0.25) is 4.90 Å². The summed E-state index contributed by atoms with van der Waals surface area (Å²) in [5.41, 5.74) is 0. The molecule has 2 rings (SSSR count). The predicted octanol–water partition coefficient (Wildman–Crippen LogP) is 2.62. The molecule has 0 aliphatic carbocycles. The number of hydrogen-bond donors (Lipinski definition) is 0. The summed E-state index contributed by atoms with van der Waals surface area (Å²) in [7, 11) is 0. The van der Waals surface area contributed by atoms with Crippen LogP contribution in [0.1, 0.15) is 13.3 Å². The lowest BCUT2D eigenvalue weighted by Gasteiger charge is -2.36. The van der Waals surface area contributed by atoms with Crippen LogP contribution < -0.4 is 4.90 Å². The number of halogens is 1. The van der Waals surface area contributed by atoms with E-state index in [2.05, 4.69) is 49.8 Å². The Labute approximate surface area is 118 Å². The summed E-state index contributed by atoms with van der Waals surface area (Å²) in [6, 6.07) is 6.14. The zero-order chi connectivity index (χ0) is 12.8. The second-order valence-corrected chi connectivity index (χ2v) is 5.55. The summed E-state index contributed by atoms with van der Waals surface area (Å²) < 4.78 is 0. The first kappa shape index (κ1) is 13.8. The molecule has 0 spiro atoms. The van der Waals surface area contributed by atoms with Gasteiger partial charge in [-0.2, -0.15) is 0 Å². The Hall–Kier alpha value is -0.610. The molecule has 1 aromatic heterocycles. The summed E-state index contributed by atoms with van der Waals surface area (Å²) in [4.78, 5) is 9.38. The fourth-order valence-electron chi connectivity index (χ4n) is 2.35. The minimum absolute atomic E-state index is 0.784. The summed E-state index contributed by atoms with van der Waals surface area (Å²) in [5.74, 6) is 1.90. The molecule has 0 amide bonds. The molecular weight excluding hydrogens is 290 g/mol. The Morgan fingerprint density at radius 1 is 1.28 bits per heavy atom. The SMILES string of the molecule is CCC(CBr)CN1CCN(c2ccccn2)CC1. The molecule has 0 aromatic carbocycles. The van der Waals surface area contributed by atoms with Crippen LogP contribution >= 0.6 is 15.9 Å². The lowest BCUT2D eigenvalue weighted by molar-refractivity contribution is 0.224. The fourth-order valence-corrected chi connectivity index (χ4v) is 3.02. The van der Waals surface area contributed by atoms with Crippen molar-refractivity contribution in [2.45, 2.75) is 13.3 Å². The Kier molecular flexibility index (Phi) is 5.45. The number of aromatic nitrogens is 1. The first-order valence-corrected chi connectivity index (χ1v) is 7.90. The second-order valence-electron chi connectivity index (χ2n) is 4.90. The van der Waals surface area contributed by atoms with E-state index in [-0.39, 0.29) is 0 Å². The van der Waals surface area contributed by atoms with E-state index in [0.29, 0.717) is 0 Å². The number of nitrogens with zero attached hydrogens (tertiary/aromatic N) is 3. The van der Waals surface area contributed by atoms with Crippen molar-refractivity contribution in [3.05, 3.63) is 24.4 Å². The molecule has 0 N–H and O–H groups in total. The van der Waals surface area contributed by atoms with Crippen molar-refractivity contribution in [3.63, 3.8) is 0 Å². The van der Waals surface area contributed by atoms with Crippen LogP contribution in [0.5, 0.6) is 0 Å². The van der Waals surface area contributed by atoms with Crippen molar-refractivity contribution in [1.82, 2.24) is 9.88 Å². The molecule has 1 atom stereocenters. The summed E-state index contributed by atoms with van der Waals surface area (Å²) in [5, 5.41) is 1.12. The Morgan fingerprint density at radius 2 is 2.06 bits per heavy atom. The van der Waals surface area contributed by atoms with E-state index in [9.17, 15) is 0 Å². The van der Waals surface area contributed by atoms with Gasteiger partial charge in [-0.15, -0.1) is 0 Å². The van der Waals surface area contributed by atoms with Gasteiger partial charge < -0.3 is 4.90 Å². The number of anilines is 1. The van der Waals surface area contributed by atoms with Crippen LogP contribution in [0.2, 0.25) is 0 Å². The van der Waals surface area contributed by atoms with Crippen molar-refractivity contribution >= 4 is 21.7 Å². The Balaban J connectivity index is 1.81. The standard InChI is InChI=1S/C14H22BrN3/c1-2-13(11-15)12-17-7-9-18(10-8-17)14-5-3-4-6-16-14/h3-6,13H,2,7-12H2,1H3. The lowest BCUT2D eigenvalue weighted by Crippen LogP contribution is -2.48. The average molecular weight is 312 g/mol. The van der Waals surface area contributed by atoms with Crippen molar-refractivity contribution in [2.75, 3.05) is 43.0 Å². The van der Waals surface area contributed by atoms with Gasteiger partial charge in [-0.25, -0.2) is 4.98 Å². The first-order chi connectivity index (χ1) is 8.83. The molecule has 0 bridgehead atoms. The van der Waals surface area contributed by atoms with Crippen molar-refractivity contribution < 1.29 is 0 Å². The molecule has 0 saturated carbocycles. The van der Waals surface area contributed by atoms with Crippen LogP contribution in [0.3, 0.4) is 0 Å². The van der Waals surface area contributed by atoms with Crippen LogP contribution in [0, 0.1) is 5.92 Å². The number of piperazine rings is 1. The molecule has 1 fully saturated rings. The Morgan fingerprint density at radius 3 is 2.61 bits per heavy atom. The zero-order valence-corrected chi connectivity index (χ0v) is 12.6. The molecule has 1 saturated heterocycles. The van der Waals surface area contributed by atoms with Crippen molar-refractivity contribution in [1.29, 1.82) is 0 Å². The normalized spacial score (nSPS) is 18.9. The van der Waals surface area contributed by atoms with Gasteiger partial charge in [0.05, 0.1) is 0 Å². The van der Waals surface area contributed by atoms with Gasteiger partial charge in [0.1, 0.15) is 5.82 Å². The number of alkyl halides is 1. The first-order valence-electron chi connectivity index (χ1n) is 6.77. The third-order valence-corrected chi connectivity index (χ3v) is 4.57. The molecule has 1 unspecified atom stereocenters. The molecule has 1 aliphatic rings. The van der Waals surface area contributed by atoms with Gasteiger partial charge in [0.15, 0.2) is 0 Å². The molecule has 18 heavy (non-hydrogen) atoms. The highest BCUT2D eigenvalue weighted by Crippen LogP contribution is 2.15. The zero-order valence-electron chi connectivity index (χ0n) is 11.1. The second kappa shape index (κ2) is 7.10. The van der Waals surface area contributed by atoms with Crippen LogP contribution in [0.15, 0.2) is 24.4 Å². The van der Waals surface area contributed by atoms with E-state index in [0.717, 1.165) is 43.2 Å². The predicted molar refractivity (Wildman–Crippen MR) is 80.5 cm³/mol. The number of rotatable bonds is 5. The van der Waals surface area contributed by atoms with Crippen LogP contribution in [0.4, 0.5) is 5.82 Å². The van der Waals surface area contributed by atoms with Crippen molar-refractivity contribution in [2.24, 2.45) is 5.92 Å². The molecule has 4 heteroatoms. The van der Waals surface area contributed by atoms with Crippen LogP contribution in [-0.4, -0.2) is 47.9 Å². The maximum atomic E-state index is 4.42. The van der Waals surface area contributed by atoms with E-state index >= 15 is 0 Å². The van der Waals surface area contributed by atoms with Crippen molar-refractivity contribution in [3.8, 4) is 0 Å². The summed E-state index contributed by atoms with van der Waals surface area (Å²) >= 11 is 3.60. The van der Waals surface area contributed by atoms with Gasteiger partial charge in [-0.05, 0) is 18.1 Å². The maximum absolute atomic E-state index is 4.42. The number of pyridine rings is 1. The highest BCUT2D eigenvalue weighted by atomic mass is 79.9. The highest BCUT2D eigenvalue weighted by Gasteiger charge is 2.19. The smallest absolute Gasteiger partial charge is 0.128 e. The highest BCUT2D eigenvalue weighted by molar-refractivity contribution is 9.09. The monoisotopic (exact) mass is 311 g/mol. The van der Waals surface area contributed by atoms with E-state index < -0.39 is 0 Å². The van der Waals surface area contributed by atoms with Gasteiger partial charge in [0, 0.05) is 44.3 Å². The van der Waals surface area contributed by atoms with E-state index in [1.807, 2.05) is 12.3 Å². The van der Waals surface area contributed by atoms with Gasteiger partial charge in [0.25, 0.3) is 0 Å². The molecule has 2 heterocycles. The Bertz CT molecular complexity index is 332. The minimum Gasteiger partial charge on any atom is -0.354 e. The van der Waals surface area contributed by atoms with Crippen LogP contribution in [0.25, 0.3) is 0 Å². The molecule has 3 nitrogen and oxygen atoms in total. The molecule has 100 valence electrons. The lowest BCUT2D eigenvalue weighted by atomic mass is 10.1. The van der Waals surface area contributed by atoms with Gasteiger partial charge in [-0.1, -0.05) is 35.3 Å². The largest absolute Gasteiger partial charge is 0.354 e. The van der Waals surface area contributed by atoms with Gasteiger partial charge >= 0.3 is 0 Å². The molecule has 1 aromatic rings. The maximum Gasteiger partial charge on any atom is 0.128 e. The quantitative estimate of drug-likeness (QED) is 0.779. The minimum atomic E-state index is 0.784. The molecule has 1 aliphatic heterocycles. The fraction of sp³-hybridized carbons (Fsp3) is 0.643. The third kappa shape index (κ3) is 3.69. The van der Waals surface area contributed by atoms with Crippen LogP contribution in [-0.2, 0) is 0 Å². The van der Waals surface area contributed by atoms with E-state index in [1.165, 1.54) is 13.0 Å². The number of hydrogen-bond acceptors (Lipinski definition) is 3.